The van der Waals surface area contributed by atoms with Crippen LogP contribution in [0.15, 0.2) is 54.6 Å². The Labute approximate surface area is 182 Å². The number of carbonyl (C=O) groups is 3. The molecule has 6 heteroatoms. The summed E-state index contributed by atoms with van der Waals surface area (Å²) < 4.78 is 0. The van der Waals surface area contributed by atoms with Crippen molar-refractivity contribution in [2.45, 2.75) is 44.4 Å². The van der Waals surface area contributed by atoms with E-state index in [0.717, 1.165) is 24.0 Å². The number of carboxylic acid groups (broad SMARTS) is 1. The third kappa shape index (κ3) is 6.28. The lowest BCUT2D eigenvalue weighted by Gasteiger charge is -2.17. The number of carbonyl (C=O) groups excluding carboxylic acids is 2. The fourth-order valence-electron chi connectivity index (χ4n) is 3.83. The molecule has 0 saturated heterocycles. The van der Waals surface area contributed by atoms with Crippen LogP contribution in [0.25, 0.3) is 5.57 Å². The van der Waals surface area contributed by atoms with Crippen LogP contribution in [0, 0.1) is 0 Å². The normalized spacial score (nSPS) is 14.4. The number of nitrogens with one attached hydrogen (secondary N) is 1. The largest absolute Gasteiger partial charge is 0.481 e. The Balaban J connectivity index is 1.66. The molecule has 0 aliphatic heterocycles. The number of carboxylic acids is 1. The smallest absolute Gasteiger partial charge is 0.305 e. The lowest BCUT2D eigenvalue weighted by molar-refractivity contribution is -0.136. The minimum Gasteiger partial charge on any atom is -0.481 e. The lowest BCUT2D eigenvalue weighted by atomic mass is 9.88. The molecule has 2 amide bonds. The van der Waals surface area contributed by atoms with E-state index >= 15 is 0 Å². The average Bonchev–Trinajstić information content (AvgIpc) is 2.78. The van der Waals surface area contributed by atoms with Gasteiger partial charge in [0.15, 0.2) is 0 Å². The number of aliphatic carboxylic acids is 1. The zero-order valence-corrected chi connectivity index (χ0v) is 17.5. The van der Waals surface area contributed by atoms with E-state index in [1.54, 1.807) is 24.3 Å². The van der Waals surface area contributed by atoms with Gasteiger partial charge >= 0.3 is 5.97 Å². The van der Waals surface area contributed by atoms with Crippen LogP contribution in [-0.2, 0) is 16.0 Å². The highest BCUT2D eigenvalue weighted by Crippen LogP contribution is 2.28. The first kappa shape index (κ1) is 22.3. The van der Waals surface area contributed by atoms with Crippen molar-refractivity contribution in [2.24, 2.45) is 5.73 Å². The second-order valence-electron chi connectivity index (χ2n) is 7.85. The lowest BCUT2D eigenvalue weighted by Crippen LogP contribution is -2.26. The Morgan fingerprint density at radius 3 is 2.29 bits per heavy atom. The maximum Gasteiger partial charge on any atom is 0.305 e. The van der Waals surface area contributed by atoms with Gasteiger partial charge in [0.05, 0.1) is 12.3 Å². The molecule has 0 saturated carbocycles. The van der Waals surface area contributed by atoms with E-state index in [4.69, 9.17) is 10.8 Å². The van der Waals surface area contributed by atoms with E-state index in [9.17, 15) is 14.4 Å². The van der Waals surface area contributed by atoms with E-state index < -0.39 is 11.9 Å². The first-order valence-corrected chi connectivity index (χ1v) is 10.6. The quantitative estimate of drug-likeness (QED) is 0.575. The van der Waals surface area contributed by atoms with Gasteiger partial charge in [0.2, 0.25) is 5.91 Å². The van der Waals surface area contributed by atoms with Crippen LogP contribution in [0.2, 0.25) is 0 Å². The molecule has 1 unspecified atom stereocenters. The number of amides is 2. The zero-order valence-electron chi connectivity index (χ0n) is 17.5. The maximum absolute atomic E-state index is 12.1. The summed E-state index contributed by atoms with van der Waals surface area (Å²) in [6, 6.07) is 15.0. The molecule has 162 valence electrons. The van der Waals surface area contributed by atoms with Gasteiger partial charge in [-0.2, -0.15) is 0 Å². The molecular weight excluding hydrogens is 392 g/mol. The van der Waals surface area contributed by atoms with E-state index in [-0.39, 0.29) is 24.8 Å². The highest BCUT2D eigenvalue weighted by molar-refractivity contribution is 5.94. The van der Waals surface area contributed by atoms with Crippen LogP contribution in [0.1, 0.15) is 65.1 Å². The Bertz CT molecular complexity index is 962. The van der Waals surface area contributed by atoms with Crippen molar-refractivity contribution in [3.63, 3.8) is 0 Å². The van der Waals surface area contributed by atoms with E-state index in [1.165, 1.54) is 24.0 Å². The molecule has 0 fully saturated rings. The van der Waals surface area contributed by atoms with Crippen LogP contribution in [-0.4, -0.2) is 29.4 Å². The topological polar surface area (TPSA) is 109 Å². The molecule has 1 atom stereocenters. The van der Waals surface area contributed by atoms with Crippen molar-refractivity contribution in [3.8, 4) is 0 Å². The van der Waals surface area contributed by atoms with Crippen molar-refractivity contribution in [2.75, 3.05) is 6.54 Å². The minimum absolute atomic E-state index is 0.0760. The van der Waals surface area contributed by atoms with Crippen molar-refractivity contribution in [1.82, 2.24) is 5.32 Å². The number of hydrogen-bond acceptors (Lipinski definition) is 3. The zero-order chi connectivity index (χ0) is 22.2. The molecule has 1 aliphatic rings. The first-order valence-electron chi connectivity index (χ1n) is 10.6. The molecule has 6 nitrogen and oxygen atoms in total. The molecule has 0 heterocycles. The monoisotopic (exact) mass is 420 g/mol. The van der Waals surface area contributed by atoms with Gasteiger partial charge in [-0.05, 0) is 66.5 Å². The summed E-state index contributed by atoms with van der Waals surface area (Å²) in [6.07, 6.45) is 7.28. The van der Waals surface area contributed by atoms with Crippen LogP contribution in [0.4, 0.5) is 0 Å². The molecule has 2 aromatic carbocycles. The van der Waals surface area contributed by atoms with Crippen LogP contribution >= 0.6 is 0 Å². The van der Waals surface area contributed by atoms with Crippen molar-refractivity contribution in [3.05, 3.63) is 76.9 Å². The number of benzene rings is 2. The molecule has 0 spiro atoms. The third-order valence-electron chi connectivity index (χ3n) is 5.60. The Kier molecular flexibility index (Phi) is 7.60. The summed E-state index contributed by atoms with van der Waals surface area (Å²) >= 11 is 0. The molecule has 1 aliphatic carbocycles. The Morgan fingerprint density at radius 2 is 1.71 bits per heavy atom. The highest BCUT2D eigenvalue weighted by atomic mass is 16.4. The summed E-state index contributed by atoms with van der Waals surface area (Å²) in [6.45, 7) is 0.0760. The molecular formula is C25H28N2O4. The predicted octanol–water partition coefficient (Wildman–Crippen LogP) is 3.66. The van der Waals surface area contributed by atoms with Crippen molar-refractivity contribution in [1.29, 1.82) is 0 Å². The fourth-order valence-corrected chi connectivity index (χ4v) is 3.83. The van der Waals surface area contributed by atoms with Gasteiger partial charge in [-0.25, -0.2) is 0 Å². The van der Waals surface area contributed by atoms with Gasteiger partial charge in [0.25, 0.3) is 5.91 Å². The minimum atomic E-state index is -0.961. The molecule has 3 rings (SSSR count). The van der Waals surface area contributed by atoms with Crippen LogP contribution in [0.5, 0.6) is 0 Å². The molecule has 4 N–H and O–H groups in total. The molecule has 31 heavy (non-hydrogen) atoms. The Morgan fingerprint density at radius 1 is 1.00 bits per heavy atom. The highest BCUT2D eigenvalue weighted by Gasteiger charge is 2.19. The van der Waals surface area contributed by atoms with Gasteiger partial charge in [-0.15, -0.1) is 0 Å². The van der Waals surface area contributed by atoms with E-state index in [0.29, 0.717) is 12.0 Å². The number of nitrogens with two attached hydrogens (primary N) is 1. The van der Waals surface area contributed by atoms with E-state index in [1.807, 2.05) is 12.1 Å². The standard InChI is InChI=1S/C25H28N2O4/c26-24(30)22(20-12-10-19(11-13-20)18-4-2-1-3-5-18)16-17-6-8-21(9-7-17)25(31)27-15-14-23(28)29/h4,6-13,22H,1-3,5,14-16H2,(H2,26,30)(H,27,31)(H,28,29). The number of rotatable bonds is 9. The second kappa shape index (κ2) is 10.6. The SMILES string of the molecule is NC(=O)C(Cc1ccc(C(=O)NCCC(=O)O)cc1)c1ccc(C2=CCCCC2)cc1. The number of primary amides is 1. The van der Waals surface area contributed by atoms with Crippen molar-refractivity contribution < 1.29 is 19.5 Å². The summed E-state index contributed by atoms with van der Waals surface area (Å²) in [7, 11) is 0. The molecule has 0 aromatic heterocycles. The Hall–Kier alpha value is -3.41. The first-order chi connectivity index (χ1) is 14.9. The number of hydrogen-bond donors (Lipinski definition) is 3. The summed E-state index contributed by atoms with van der Waals surface area (Å²) in [4.78, 5) is 34.8. The average molecular weight is 421 g/mol. The fraction of sp³-hybridized carbons (Fsp3) is 0.320. The van der Waals surface area contributed by atoms with Gasteiger partial charge < -0.3 is 16.2 Å². The summed E-state index contributed by atoms with van der Waals surface area (Å²) in [5, 5.41) is 11.2. The van der Waals surface area contributed by atoms with Crippen LogP contribution < -0.4 is 11.1 Å². The van der Waals surface area contributed by atoms with Gasteiger partial charge in [-0.1, -0.05) is 42.5 Å². The molecule has 0 bridgehead atoms. The summed E-state index contributed by atoms with van der Waals surface area (Å²) in [5.41, 5.74) is 10.5. The summed E-state index contributed by atoms with van der Waals surface area (Å²) in [5.74, 6) is -2.13. The van der Waals surface area contributed by atoms with E-state index in [2.05, 4.69) is 23.5 Å². The second-order valence-corrected chi connectivity index (χ2v) is 7.85. The van der Waals surface area contributed by atoms with Crippen LogP contribution in [0.3, 0.4) is 0 Å². The third-order valence-corrected chi connectivity index (χ3v) is 5.60. The number of allylic oxidation sites excluding steroid dienone is 2. The van der Waals surface area contributed by atoms with Gasteiger partial charge in [-0.3, -0.25) is 14.4 Å². The maximum atomic E-state index is 12.1. The predicted molar refractivity (Wildman–Crippen MR) is 120 cm³/mol. The van der Waals surface area contributed by atoms with Gasteiger partial charge in [0, 0.05) is 12.1 Å². The molecule has 0 radical (unpaired) electrons. The van der Waals surface area contributed by atoms with Crippen molar-refractivity contribution >= 4 is 23.4 Å². The molecule has 2 aromatic rings. The van der Waals surface area contributed by atoms with Gasteiger partial charge in [0.1, 0.15) is 0 Å².